The minimum absolute atomic E-state index is 0.0380. The summed E-state index contributed by atoms with van der Waals surface area (Å²) in [6.07, 6.45) is 9.40. The van der Waals surface area contributed by atoms with E-state index in [2.05, 4.69) is 22.5 Å². The van der Waals surface area contributed by atoms with Crippen molar-refractivity contribution >= 4 is 23.4 Å². The minimum atomic E-state index is -0.384. The van der Waals surface area contributed by atoms with Gasteiger partial charge < -0.3 is 10.6 Å². The van der Waals surface area contributed by atoms with E-state index in [4.69, 9.17) is 11.6 Å². The molecule has 4 aliphatic rings. The Morgan fingerprint density at radius 1 is 1.23 bits per heavy atom. The lowest BCUT2D eigenvalue weighted by Crippen LogP contribution is -2.56. The first-order chi connectivity index (χ1) is 12.4. The number of hydrogen-bond donors (Lipinski definition) is 2. The van der Waals surface area contributed by atoms with Crippen LogP contribution in [0, 0.1) is 23.2 Å². The maximum absolute atomic E-state index is 12.4. The fourth-order valence-electron chi connectivity index (χ4n) is 5.93. The lowest BCUT2D eigenvalue weighted by molar-refractivity contribution is -0.124. The van der Waals surface area contributed by atoms with E-state index in [-0.39, 0.29) is 35.5 Å². The summed E-state index contributed by atoms with van der Waals surface area (Å²) >= 11 is 5.87. The predicted octanol–water partition coefficient (Wildman–Crippen LogP) is 3.19. The van der Waals surface area contributed by atoms with Gasteiger partial charge in [-0.1, -0.05) is 11.6 Å². The molecular formula is C20H26ClN3O2. The zero-order chi connectivity index (χ0) is 18.3. The Bertz CT molecular complexity index is 685. The van der Waals surface area contributed by atoms with Crippen LogP contribution in [0.1, 0.15) is 55.9 Å². The molecule has 1 heterocycles. The number of carbonyl (C=O) groups is 2. The van der Waals surface area contributed by atoms with Crippen molar-refractivity contribution in [3.63, 3.8) is 0 Å². The van der Waals surface area contributed by atoms with Crippen molar-refractivity contribution in [2.24, 2.45) is 23.2 Å². The van der Waals surface area contributed by atoms with Crippen LogP contribution in [0.25, 0.3) is 0 Å². The first-order valence-corrected chi connectivity index (χ1v) is 10.0. The number of nitrogens with one attached hydrogen (secondary N) is 2. The van der Waals surface area contributed by atoms with E-state index in [1.165, 1.54) is 50.8 Å². The summed E-state index contributed by atoms with van der Waals surface area (Å²) in [5, 5.41) is 6.24. The Balaban J connectivity index is 1.31. The first-order valence-electron chi connectivity index (χ1n) is 9.63. The van der Waals surface area contributed by atoms with Crippen LogP contribution < -0.4 is 10.6 Å². The molecule has 0 aromatic carbocycles. The van der Waals surface area contributed by atoms with Gasteiger partial charge in [0.2, 0.25) is 5.91 Å². The van der Waals surface area contributed by atoms with Gasteiger partial charge in [0.25, 0.3) is 5.91 Å². The minimum Gasteiger partial charge on any atom is -0.352 e. The molecule has 2 N–H and O–H groups in total. The summed E-state index contributed by atoms with van der Waals surface area (Å²) in [4.78, 5) is 28.5. The molecule has 0 unspecified atom stereocenters. The Labute approximate surface area is 159 Å². The van der Waals surface area contributed by atoms with E-state index in [0.29, 0.717) is 5.02 Å². The largest absolute Gasteiger partial charge is 0.352 e. The maximum atomic E-state index is 12.4. The van der Waals surface area contributed by atoms with Gasteiger partial charge in [0.15, 0.2) is 0 Å². The molecule has 5 rings (SSSR count). The molecule has 1 aromatic rings. The lowest BCUT2D eigenvalue weighted by atomic mass is 9.48. The van der Waals surface area contributed by atoms with Crippen LogP contribution >= 0.6 is 11.6 Å². The highest BCUT2D eigenvalue weighted by molar-refractivity contribution is 6.30. The molecule has 6 heteroatoms. The van der Waals surface area contributed by atoms with Gasteiger partial charge in [-0.05, 0) is 80.8 Å². The molecule has 4 fully saturated rings. The third-order valence-electron chi connectivity index (χ3n) is 6.75. The highest BCUT2D eigenvalue weighted by Crippen LogP contribution is 2.61. The Morgan fingerprint density at radius 2 is 1.85 bits per heavy atom. The van der Waals surface area contributed by atoms with Crippen molar-refractivity contribution < 1.29 is 9.59 Å². The molecule has 5 nitrogen and oxygen atoms in total. The molecule has 0 radical (unpaired) electrons. The van der Waals surface area contributed by atoms with E-state index in [1.807, 2.05) is 0 Å². The van der Waals surface area contributed by atoms with Crippen molar-refractivity contribution in [3.05, 3.63) is 29.0 Å². The van der Waals surface area contributed by atoms with Crippen molar-refractivity contribution in [1.29, 1.82) is 0 Å². The summed E-state index contributed by atoms with van der Waals surface area (Å²) < 4.78 is 0. The van der Waals surface area contributed by atoms with Crippen LogP contribution in [0.5, 0.6) is 0 Å². The van der Waals surface area contributed by atoms with Gasteiger partial charge in [0.05, 0.1) is 6.54 Å². The van der Waals surface area contributed by atoms with E-state index in [1.54, 1.807) is 6.07 Å². The Hall–Kier alpha value is -1.62. The molecule has 140 valence electrons. The molecule has 4 bridgehead atoms. The van der Waals surface area contributed by atoms with Crippen molar-refractivity contribution in [2.45, 2.75) is 51.5 Å². The highest BCUT2D eigenvalue weighted by Gasteiger charge is 2.53. The number of nitrogens with zero attached hydrogens (tertiary/aromatic N) is 1. The number of aromatic nitrogens is 1. The summed E-state index contributed by atoms with van der Waals surface area (Å²) in [5.41, 5.74) is 0.488. The van der Waals surface area contributed by atoms with Crippen LogP contribution in [-0.4, -0.2) is 29.4 Å². The van der Waals surface area contributed by atoms with Gasteiger partial charge in [-0.25, -0.2) is 0 Å². The zero-order valence-corrected chi connectivity index (χ0v) is 15.9. The standard InChI is InChI=1S/C20H26ClN3O2/c1-12(20-8-13-4-14(9-20)6-15(5-13)10-20)24-18(25)11-23-19(26)17-7-16(21)2-3-22-17/h2-3,7,12-15H,4-6,8-11H2,1H3,(H,23,26)(H,24,25)/t12-,13?,14?,15?,20?/m0/s1. The summed E-state index contributed by atoms with van der Waals surface area (Å²) in [6, 6.07) is 3.26. The quantitative estimate of drug-likeness (QED) is 0.830. The third-order valence-corrected chi connectivity index (χ3v) is 6.98. The smallest absolute Gasteiger partial charge is 0.270 e. The van der Waals surface area contributed by atoms with Crippen LogP contribution in [0.4, 0.5) is 0 Å². The molecule has 4 aliphatic carbocycles. The summed E-state index contributed by atoms with van der Waals surface area (Å²) in [7, 11) is 0. The van der Waals surface area contributed by atoms with Crippen LogP contribution in [0.3, 0.4) is 0 Å². The molecule has 2 amide bonds. The average molecular weight is 376 g/mol. The summed E-state index contributed by atoms with van der Waals surface area (Å²) in [5.74, 6) is 2.05. The molecule has 0 spiro atoms. The van der Waals surface area contributed by atoms with Gasteiger partial charge in [-0.15, -0.1) is 0 Å². The molecule has 0 aliphatic heterocycles. The predicted molar refractivity (Wildman–Crippen MR) is 99.8 cm³/mol. The fourth-order valence-corrected chi connectivity index (χ4v) is 6.09. The number of amides is 2. The highest BCUT2D eigenvalue weighted by atomic mass is 35.5. The number of hydrogen-bond acceptors (Lipinski definition) is 3. The Morgan fingerprint density at radius 3 is 2.42 bits per heavy atom. The van der Waals surface area contributed by atoms with Gasteiger partial charge in [-0.3, -0.25) is 14.6 Å². The number of carbonyl (C=O) groups excluding carboxylic acids is 2. The normalized spacial score (nSPS) is 32.9. The second-order valence-corrected chi connectivity index (χ2v) is 9.05. The summed E-state index contributed by atoms with van der Waals surface area (Å²) in [6.45, 7) is 2.11. The van der Waals surface area contributed by atoms with Crippen LogP contribution in [0.2, 0.25) is 5.02 Å². The zero-order valence-electron chi connectivity index (χ0n) is 15.1. The maximum Gasteiger partial charge on any atom is 0.270 e. The fraction of sp³-hybridized carbons (Fsp3) is 0.650. The van der Waals surface area contributed by atoms with E-state index >= 15 is 0 Å². The van der Waals surface area contributed by atoms with E-state index in [9.17, 15) is 9.59 Å². The monoisotopic (exact) mass is 375 g/mol. The van der Waals surface area contributed by atoms with Gasteiger partial charge in [0, 0.05) is 17.3 Å². The number of rotatable bonds is 5. The third kappa shape index (κ3) is 3.46. The second kappa shape index (κ2) is 6.84. The molecular weight excluding hydrogens is 350 g/mol. The van der Waals surface area contributed by atoms with Crippen LogP contribution in [-0.2, 0) is 4.79 Å². The number of pyridine rings is 1. The molecule has 26 heavy (non-hydrogen) atoms. The van der Waals surface area contributed by atoms with Crippen molar-refractivity contribution in [3.8, 4) is 0 Å². The van der Waals surface area contributed by atoms with Gasteiger partial charge >= 0.3 is 0 Å². The topological polar surface area (TPSA) is 71.1 Å². The SMILES string of the molecule is C[C@H](NC(=O)CNC(=O)c1cc(Cl)ccn1)C12CC3CC(CC(C3)C1)C2. The van der Waals surface area contributed by atoms with Crippen LogP contribution in [0.15, 0.2) is 18.3 Å². The van der Waals surface area contributed by atoms with E-state index in [0.717, 1.165) is 17.8 Å². The molecule has 1 aromatic heterocycles. The van der Waals surface area contributed by atoms with Gasteiger partial charge in [0.1, 0.15) is 5.69 Å². The molecule has 0 saturated heterocycles. The Kier molecular flexibility index (Phi) is 4.68. The van der Waals surface area contributed by atoms with E-state index < -0.39 is 0 Å². The average Bonchev–Trinajstić information content (AvgIpc) is 2.58. The molecule has 4 saturated carbocycles. The van der Waals surface area contributed by atoms with Crippen molar-refractivity contribution in [2.75, 3.05) is 6.54 Å². The van der Waals surface area contributed by atoms with Crippen molar-refractivity contribution in [1.82, 2.24) is 15.6 Å². The van der Waals surface area contributed by atoms with Gasteiger partial charge in [-0.2, -0.15) is 0 Å². The lowest BCUT2D eigenvalue weighted by Gasteiger charge is -2.59. The second-order valence-electron chi connectivity index (χ2n) is 8.61. The number of halogens is 1. The first kappa shape index (κ1) is 17.8. The molecule has 1 atom stereocenters.